The summed E-state index contributed by atoms with van der Waals surface area (Å²) >= 11 is 0. The highest BCUT2D eigenvalue weighted by atomic mass is 16.2. The van der Waals surface area contributed by atoms with Crippen molar-refractivity contribution < 1.29 is 9.59 Å². The van der Waals surface area contributed by atoms with Gasteiger partial charge in [0, 0.05) is 18.2 Å². The van der Waals surface area contributed by atoms with Crippen LogP contribution in [0.3, 0.4) is 0 Å². The van der Waals surface area contributed by atoms with Gasteiger partial charge in [0.25, 0.3) is 5.91 Å². The SMILES string of the molecule is CCNC(=NCc1ccc(C(=O)NCC(N)=O)cc1)NC(C)CCC(C)C. The zero-order valence-corrected chi connectivity index (χ0v) is 16.8. The Morgan fingerprint density at radius 1 is 1.07 bits per heavy atom. The lowest BCUT2D eigenvalue weighted by Gasteiger charge is -2.18. The Balaban J connectivity index is 2.62. The molecule has 1 unspecified atom stereocenters. The molecule has 2 amide bonds. The molecule has 27 heavy (non-hydrogen) atoms. The molecule has 5 N–H and O–H groups in total. The van der Waals surface area contributed by atoms with Crippen molar-refractivity contribution >= 4 is 17.8 Å². The second-order valence-electron chi connectivity index (χ2n) is 7.06. The molecular weight excluding hydrogens is 342 g/mol. The molecule has 1 rings (SSSR count). The Kier molecular flexibility index (Phi) is 9.93. The van der Waals surface area contributed by atoms with Crippen molar-refractivity contribution in [3.05, 3.63) is 35.4 Å². The zero-order valence-electron chi connectivity index (χ0n) is 16.8. The molecule has 1 aromatic carbocycles. The maximum Gasteiger partial charge on any atom is 0.251 e. The van der Waals surface area contributed by atoms with Crippen LogP contribution in [0.15, 0.2) is 29.3 Å². The van der Waals surface area contributed by atoms with Gasteiger partial charge in [-0.05, 0) is 50.3 Å². The van der Waals surface area contributed by atoms with Gasteiger partial charge in [-0.15, -0.1) is 0 Å². The molecule has 1 atom stereocenters. The first-order valence-electron chi connectivity index (χ1n) is 9.52. The van der Waals surface area contributed by atoms with E-state index in [4.69, 9.17) is 5.73 Å². The molecule has 0 aliphatic heterocycles. The number of nitrogens with two attached hydrogens (primary N) is 1. The summed E-state index contributed by atoms with van der Waals surface area (Å²) in [5.74, 6) is 0.586. The van der Waals surface area contributed by atoms with E-state index in [1.54, 1.807) is 12.1 Å². The highest BCUT2D eigenvalue weighted by molar-refractivity contribution is 5.96. The summed E-state index contributed by atoms with van der Waals surface area (Å²) in [6, 6.07) is 7.49. The molecular formula is C20H33N5O2. The predicted octanol–water partition coefficient (Wildman–Crippen LogP) is 1.78. The number of nitrogens with one attached hydrogen (secondary N) is 3. The number of nitrogens with zero attached hydrogens (tertiary/aromatic N) is 1. The number of amides is 2. The molecule has 0 aliphatic carbocycles. The smallest absolute Gasteiger partial charge is 0.251 e. The van der Waals surface area contributed by atoms with Crippen LogP contribution in [0.2, 0.25) is 0 Å². The second-order valence-corrected chi connectivity index (χ2v) is 7.06. The van der Waals surface area contributed by atoms with Gasteiger partial charge < -0.3 is 21.7 Å². The topological polar surface area (TPSA) is 109 Å². The van der Waals surface area contributed by atoms with Gasteiger partial charge in [0.15, 0.2) is 5.96 Å². The van der Waals surface area contributed by atoms with Crippen molar-refractivity contribution in [2.45, 2.75) is 53.1 Å². The van der Waals surface area contributed by atoms with Gasteiger partial charge in [-0.3, -0.25) is 9.59 Å². The molecule has 0 bridgehead atoms. The second kappa shape index (κ2) is 11.9. The van der Waals surface area contributed by atoms with E-state index in [1.165, 1.54) is 6.42 Å². The van der Waals surface area contributed by atoms with Gasteiger partial charge >= 0.3 is 0 Å². The minimum Gasteiger partial charge on any atom is -0.368 e. The van der Waals surface area contributed by atoms with Crippen LogP contribution < -0.4 is 21.7 Å². The van der Waals surface area contributed by atoms with Crippen molar-refractivity contribution in [2.75, 3.05) is 13.1 Å². The largest absolute Gasteiger partial charge is 0.368 e. The van der Waals surface area contributed by atoms with Crippen LogP contribution in [0, 0.1) is 5.92 Å². The number of aliphatic imine (C=N–C) groups is 1. The Bertz CT molecular complexity index is 626. The van der Waals surface area contributed by atoms with Gasteiger partial charge in [-0.1, -0.05) is 26.0 Å². The van der Waals surface area contributed by atoms with Gasteiger partial charge in [0.05, 0.1) is 13.1 Å². The molecule has 0 radical (unpaired) electrons. The number of primary amides is 1. The van der Waals surface area contributed by atoms with E-state index in [1.807, 2.05) is 19.1 Å². The lowest BCUT2D eigenvalue weighted by molar-refractivity contribution is -0.117. The molecule has 0 spiro atoms. The van der Waals surface area contributed by atoms with Gasteiger partial charge in [0.2, 0.25) is 5.91 Å². The molecule has 0 saturated heterocycles. The van der Waals surface area contributed by atoms with Gasteiger partial charge in [-0.2, -0.15) is 0 Å². The van der Waals surface area contributed by atoms with Crippen LogP contribution in [0.5, 0.6) is 0 Å². The maximum atomic E-state index is 11.9. The van der Waals surface area contributed by atoms with E-state index >= 15 is 0 Å². The fourth-order valence-corrected chi connectivity index (χ4v) is 2.41. The molecule has 0 saturated carbocycles. The highest BCUT2D eigenvalue weighted by Gasteiger charge is 2.08. The fraction of sp³-hybridized carbons (Fsp3) is 0.550. The first-order chi connectivity index (χ1) is 12.8. The van der Waals surface area contributed by atoms with E-state index in [0.29, 0.717) is 24.1 Å². The van der Waals surface area contributed by atoms with Crippen molar-refractivity contribution in [2.24, 2.45) is 16.6 Å². The molecule has 0 aromatic heterocycles. The molecule has 0 fully saturated rings. The monoisotopic (exact) mass is 375 g/mol. The molecule has 1 aromatic rings. The summed E-state index contributed by atoms with van der Waals surface area (Å²) in [6.07, 6.45) is 2.27. The summed E-state index contributed by atoms with van der Waals surface area (Å²) in [5.41, 5.74) is 6.50. The summed E-state index contributed by atoms with van der Waals surface area (Å²) < 4.78 is 0. The van der Waals surface area contributed by atoms with Crippen LogP contribution in [-0.2, 0) is 11.3 Å². The number of hydrogen-bond acceptors (Lipinski definition) is 3. The lowest BCUT2D eigenvalue weighted by atomic mass is 10.0. The van der Waals surface area contributed by atoms with Crippen LogP contribution in [0.1, 0.15) is 56.5 Å². The molecule has 0 heterocycles. The van der Waals surface area contributed by atoms with E-state index < -0.39 is 5.91 Å². The van der Waals surface area contributed by atoms with Crippen LogP contribution in [0.25, 0.3) is 0 Å². The number of rotatable bonds is 10. The third-order valence-corrected chi connectivity index (χ3v) is 3.96. The van der Waals surface area contributed by atoms with Crippen LogP contribution in [0.4, 0.5) is 0 Å². The first kappa shape index (κ1) is 22.5. The van der Waals surface area contributed by atoms with E-state index in [0.717, 1.165) is 24.5 Å². The predicted molar refractivity (Wildman–Crippen MR) is 109 cm³/mol. The van der Waals surface area contributed by atoms with E-state index in [-0.39, 0.29) is 12.5 Å². The number of carbonyl (C=O) groups is 2. The molecule has 150 valence electrons. The number of hydrogen-bond donors (Lipinski definition) is 4. The van der Waals surface area contributed by atoms with Gasteiger partial charge in [-0.25, -0.2) is 4.99 Å². The minimum absolute atomic E-state index is 0.169. The Morgan fingerprint density at radius 3 is 2.30 bits per heavy atom. The third kappa shape index (κ3) is 9.63. The Hall–Kier alpha value is -2.57. The standard InChI is InChI=1S/C20H33N5O2/c1-5-22-20(25-15(4)7-6-14(2)3)24-12-16-8-10-17(11-9-16)19(27)23-13-18(21)26/h8-11,14-15H,5-7,12-13H2,1-4H3,(H2,21,26)(H,23,27)(H2,22,24,25). The Morgan fingerprint density at radius 2 is 1.74 bits per heavy atom. The number of carbonyl (C=O) groups excluding carboxylic acids is 2. The maximum absolute atomic E-state index is 11.9. The average Bonchev–Trinajstić information content (AvgIpc) is 2.63. The third-order valence-electron chi connectivity index (χ3n) is 3.96. The Labute approximate surface area is 162 Å². The summed E-state index contributed by atoms with van der Waals surface area (Å²) in [7, 11) is 0. The molecule has 7 heteroatoms. The van der Waals surface area contributed by atoms with Crippen molar-refractivity contribution in [1.82, 2.24) is 16.0 Å². The normalized spacial score (nSPS) is 12.6. The summed E-state index contributed by atoms with van der Waals surface area (Å²) in [5, 5.41) is 9.16. The fourth-order valence-electron chi connectivity index (χ4n) is 2.41. The summed E-state index contributed by atoms with van der Waals surface area (Å²) in [6.45, 7) is 9.78. The van der Waals surface area contributed by atoms with Gasteiger partial charge in [0.1, 0.15) is 0 Å². The lowest BCUT2D eigenvalue weighted by Crippen LogP contribution is -2.42. The number of benzene rings is 1. The van der Waals surface area contributed by atoms with Crippen molar-refractivity contribution in [1.29, 1.82) is 0 Å². The van der Waals surface area contributed by atoms with E-state index in [9.17, 15) is 9.59 Å². The number of guanidine groups is 1. The van der Waals surface area contributed by atoms with Crippen LogP contribution in [-0.4, -0.2) is 36.9 Å². The zero-order chi connectivity index (χ0) is 20.2. The molecule has 7 nitrogen and oxygen atoms in total. The quantitative estimate of drug-likeness (QED) is 0.369. The van der Waals surface area contributed by atoms with Crippen molar-refractivity contribution in [3.8, 4) is 0 Å². The van der Waals surface area contributed by atoms with Crippen LogP contribution >= 0.6 is 0 Å². The van der Waals surface area contributed by atoms with E-state index in [2.05, 4.69) is 41.7 Å². The summed E-state index contributed by atoms with van der Waals surface area (Å²) in [4.78, 5) is 27.2. The van der Waals surface area contributed by atoms with Crippen molar-refractivity contribution in [3.63, 3.8) is 0 Å². The average molecular weight is 376 g/mol. The first-order valence-corrected chi connectivity index (χ1v) is 9.52. The molecule has 0 aliphatic rings. The highest BCUT2D eigenvalue weighted by Crippen LogP contribution is 2.07. The minimum atomic E-state index is -0.569.